The smallest absolute Gasteiger partial charge is 0.349 e. The summed E-state index contributed by atoms with van der Waals surface area (Å²) < 4.78 is 30.7. The summed E-state index contributed by atoms with van der Waals surface area (Å²) in [5, 5.41) is 0. The third-order valence-electron chi connectivity index (χ3n) is 4.91. The summed E-state index contributed by atoms with van der Waals surface area (Å²) in [6, 6.07) is 8.00. The number of aromatic amines is 1. The largest absolute Gasteiger partial charge is 0.389 e. The minimum atomic E-state index is -4.87. The number of hydrogen-bond acceptors (Lipinski definition) is 6. The molecule has 2 aliphatic rings. The van der Waals surface area contributed by atoms with Crippen molar-refractivity contribution >= 4 is 7.60 Å². The quantitative estimate of drug-likeness (QED) is 0.623. The van der Waals surface area contributed by atoms with Crippen LogP contribution in [0.4, 0.5) is 0 Å². The van der Waals surface area contributed by atoms with Crippen LogP contribution >= 0.6 is 7.60 Å². The molecule has 1 aromatic heterocycles. The Morgan fingerprint density at radius 2 is 1.93 bits per heavy atom. The molecule has 0 amide bonds. The zero-order chi connectivity index (χ0) is 20.1. The molecule has 0 unspecified atom stereocenters. The highest BCUT2D eigenvalue weighted by molar-refractivity contribution is 7.52. The van der Waals surface area contributed by atoms with Crippen LogP contribution in [0.15, 0.2) is 46.1 Å². The van der Waals surface area contributed by atoms with Crippen LogP contribution in [0.5, 0.6) is 0 Å². The van der Waals surface area contributed by atoms with Crippen LogP contribution in [0.25, 0.3) is 0 Å². The molecule has 2 fully saturated rings. The minimum Gasteiger partial charge on any atom is -0.349 e. The summed E-state index contributed by atoms with van der Waals surface area (Å²) in [6.45, 7) is 1.43. The van der Waals surface area contributed by atoms with Crippen LogP contribution in [0, 0.1) is 6.92 Å². The maximum Gasteiger partial charge on any atom is 0.389 e. The molecule has 2 saturated heterocycles. The van der Waals surface area contributed by atoms with E-state index in [-0.39, 0.29) is 18.6 Å². The van der Waals surface area contributed by atoms with E-state index < -0.39 is 42.8 Å². The van der Waals surface area contributed by atoms with Crippen molar-refractivity contribution in [2.24, 2.45) is 0 Å². The molecule has 0 aliphatic carbocycles. The summed E-state index contributed by atoms with van der Waals surface area (Å²) in [7, 11) is -4.87. The summed E-state index contributed by atoms with van der Waals surface area (Å²) in [6.07, 6.45) is -0.547. The van der Waals surface area contributed by atoms with Gasteiger partial charge in [-0.15, -0.1) is 0 Å². The minimum absolute atomic E-state index is 0.127. The van der Waals surface area contributed by atoms with Crippen LogP contribution in [-0.4, -0.2) is 38.2 Å². The molecule has 0 radical (unpaired) electrons. The van der Waals surface area contributed by atoms with E-state index in [1.165, 1.54) is 22.9 Å². The molecule has 28 heavy (non-hydrogen) atoms. The van der Waals surface area contributed by atoms with E-state index >= 15 is 0 Å². The molecule has 4 atom stereocenters. The first-order chi connectivity index (χ1) is 13.2. The SMILES string of the molecule is Cc1cn([C@H]2C[C@H]3O[C@](c4ccccc4)(P(=O)(O)O)OC[C@H]3O2)c(=O)[nH]c1=O. The number of benzene rings is 1. The summed E-state index contributed by atoms with van der Waals surface area (Å²) in [5.74, 6) is 0. The number of rotatable bonds is 3. The monoisotopic (exact) mass is 410 g/mol. The number of ether oxygens (including phenoxy) is 3. The molecule has 1 aromatic carbocycles. The fraction of sp³-hybridized carbons (Fsp3) is 0.412. The van der Waals surface area contributed by atoms with Gasteiger partial charge in [0.2, 0.25) is 0 Å². The number of fused-ring (bicyclic) bond motifs is 1. The van der Waals surface area contributed by atoms with Crippen molar-refractivity contribution in [3.63, 3.8) is 0 Å². The van der Waals surface area contributed by atoms with Crippen LogP contribution < -0.4 is 11.2 Å². The number of hydrogen-bond donors (Lipinski definition) is 3. The molecule has 0 spiro atoms. The number of aromatic nitrogens is 2. The number of nitrogens with zero attached hydrogens (tertiary/aromatic N) is 1. The van der Waals surface area contributed by atoms with Gasteiger partial charge in [-0.1, -0.05) is 30.3 Å². The molecule has 2 aromatic rings. The maximum absolute atomic E-state index is 12.3. The van der Waals surface area contributed by atoms with Crippen molar-refractivity contribution in [3.8, 4) is 0 Å². The number of nitrogens with one attached hydrogen (secondary N) is 1. The van der Waals surface area contributed by atoms with Crippen LogP contribution in [-0.2, 0) is 24.3 Å². The third-order valence-corrected chi connectivity index (χ3v) is 6.17. The van der Waals surface area contributed by atoms with E-state index in [1.807, 2.05) is 0 Å². The van der Waals surface area contributed by atoms with Crippen LogP contribution in [0.1, 0.15) is 23.8 Å². The van der Waals surface area contributed by atoms with Gasteiger partial charge in [-0.3, -0.25) is 18.9 Å². The predicted octanol–water partition coefficient (Wildman–Crippen LogP) is 0.536. The highest BCUT2D eigenvalue weighted by Crippen LogP contribution is 2.61. The highest BCUT2D eigenvalue weighted by Gasteiger charge is 2.59. The lowest BCUT2D eigenvalue weighted by Gasteiger charge is -2.41. The fourth-order valence-electron chi connectivity index (χ4n) is 3.50. The van der Waals surface area contributed by atoms with Crippen molar-refractivity contribution in [1.82, 2.24) is 9.55 Å². The second kappa shape index (κ2) is 6.77. The van der Waals surface area contributed by atoms with Gasteiger partial charge in [0.15, 0.2) is 0 Å². The Labute approximate surface area is 158 Å². The molecule has 11 heteroatoms. The van der Waals surface area contributed by atoms with Gasteiger partial charge in [0.25, 0.3) is 5.56 Å². The van der Waals surface area contributed by atoms with Crippen molar-refractivity contribution in [1.29, 1.82) is 0 Å². The Morgan fingerprint density at radius 1 is 1.21 bits per heavy atom. The molecule has 0 bridgehead atoms. The first-order valence-electron chi connectivity index (χ1n) is 8.62. The van der Waals surface area contributed by atoms with Gasteiger partial charge in [0.1, 0.15) is 12.3 Å². The highest BCUT2D eigenvalue weighted by atomic mass is 31.2. The maximum atomic E-state index is 12.3. The van der Waals surface area contributed by atoms with Crippen molar-refractivity contribution in [2.45, 2.75) is 37.3 Å². The van der Waals surface area contributed by atoms with Crippen molar-refractivity contribution in [3.05, 3.63) is 68.5 Å². The lowest BCUT2D eigenvalue weighted by molar-refractivity contribution is -0.282. The average Bonchev–Trinajstić information content (AvgIpc) is 3.07. The summed E-state index contributed by atoms with van der Waals surface area (Å²) in [4.78, 5) is 45.9. The summed E-state index contributed by atoms with van der Waals surface area (Å²) >= 11 is 0. The second-order valence-corrected chi connectivity index (χ2v) is 8.48. The molecule has 3 N–H and O–H groups in total. The molecule has 4 rings (SSSR count). The predicted molar refractivity (Wildman–Crippen MR) is 95.6 cm³/mol. The molecule has 2 aliphatic heterocycles. The van der Waals surface area contributed by atoms with E-state index in [2.05, 4.69) is 4.98 Å². The Hall–Kier alpha value is -2.07. The Kier molecular flexibility index (Phi) is 4.65. The standard InChI is InChI=1S/C17H19N2O8P/c1-10-8-19(16(21)18-15(10)20)14-7-12-13(26-14)9-25-17(27-12,28(22,23)24)11-5-3-2-4-6-11/h2-6,8,12-14H,7,9H2,1H3,(H,18,20,21)(H2,22,23,24)/t12-,13-,14-,17-/m1/s1. The lowest BCUT2D eigenvalue weighted by Crippen LogP contribution is -2.48. The number of aryl methyl sites for hydroxylation is 1. The van der Waals surface area contributed by atoms with Gasteiger partial charge in [0, 0.05) is 23.7 Å². The van der Waals surface area contributed by atoms with Gasteiger partial charge in [-0.2, -0.15) is 0 Å². The van der Waals surface area contributed by atoms with Gasteiger partial charge in [-0.25, -0.2) is 4.79 Å². The topological polar surface area (TPSA) is 140 Å². The van der Waals surface area contributed by atoms with Gasteiger partial charge >= 0.3 is 18.8 Å². The van der Waals surface area contributed by atoms with Gasteiger partial charge < -0.3 is 24.0 Å². The van der Waals surface area contributed by atoms with Crippen LogP contribution in [0.2, 0.25) is 0 Å². The normalized spacial score (nSPS) is 30.2. The zero-order valence-corrected chi connectivity index (χ0v) is 15.7. The first kappa shape index (κ1) is 19.3. The molecular formula is C17H19N2O8P. The fourth-order valence-corrected chi connectivity index (χ4v) is 4.50. The summed E-state index contributed by atoms with van der Waals surface area (Å²) in [5.41, 5.74) is -2.82. The van der Waals surface area contributed by atoms with Crippen LogP contribution in [0.3, 0.4) is 0 Å². The van der Waals surface area contributed by atoms with Crippen molar-refractivity contribution in [2.75, 3.05) is 6.61 Å². The Morgan fingerprint density at radius 3 is 2.61 bits per heavy atom. The zero-order valence-electron chi connectivity index (χ0n) is 14.8. The number of H-pyrrole nitrogens is 1. The van der Waals surface area contributed by atoms with E-state index in [4.69, 9.17) is 14.2 Å². The second-order valence-electron chi connectivity index (χ2n) is 6.80. The molecule has 3 heterocycles. The third kappa shape index (κ3) is 3.08. The molecule has 150 valence electrons. The van der Waals surface area contributed by atoms with E-state index in [9.17, 15) is 23.9 Å². The molecule has 10 nitrogen and oxygen atoms in total. The lowest BCUT2D eigenvalue weighted by atomic mass is 10.1. The first-order valence-corrected chi connectivity index (χ1v) is 10.2. The molecular weight excluding hydrogens is 391 g/mol. The van der Waals surface area contributed by atoms with Crippen molar-refractivity contribution < 1.29 is 28.6 Å². The Bertz CT molecular complexity index is 1050. The Balaban J connectivity index is 1.66. The van der Waals surface area contributed by atoms with Gasteiger partial charge in [-0.05, 0) is 6.92 Å². The van der Waals surface area contributed by atoms with E-state index in [0.717, 1.165) is 0 Å². The van der Waals surface area contributed by atoms with Gasteiger partial charge in [0.05, 0.1) is 12.7 Å². The van der Waals surface area contributed by atoms with E-state index in [1.54, 1.807) is 25.1 Å². The molecule has 0 saturated carbocycles. The average molecular weight is 410 g/mol. The van der Waals surface area contributed by atoms with E-state index in [0.29, 0.717) is 5.56 Å².